The molecule has 1 N–H and O–H groups in total. The second-order valence-corrected chi connectivity index (χ2v) is 5.91. The number of piperazine rings is 1. The molecule has 2 heterocycles. The Balaban J connectivity index is 2.12. The van der Waals surface area contributed by atoms with E-state index in [1.54, 1.807) is 6.07 Å². The standard InChI is InChI=1S/C13H16N2O4S/c1-3-14-6-12(17)15(7-11(14)16)5-9-4-10(13(18)19)20-8(9)2/h4H,3,5-7H2,1-2H3,(H,18,19). The highest BCUT2D eigenvalue weighted by molar-refractivity contribution is 7.14. The third kappa shape index (κ3) is 2.82. The van der Waals surface area contributed by atoms with E-state index in [2.05, 4.69) is 0 Å². The Morgan fingerprint density at radius 1 is 1.30 bits per heavy atom. The fourth-order valence-corrected chi connectivity index (χ4v) is 3.00. The summed E-state index contributed by atoms with van der Waals surface area (Å²) in [7, 11) is 0. The van der Waals surface area contributed by atoms with E-state index in [-0.39, 0.29) is 36.3 Å². The molecule has 1 fully saturated rings. The van der Waals surface area contributed by atoms with Gasteiger partial charge in [-0.05, 0) is 25.5 Å². The maximum absolute atomic E-state index is 12.0. The molecular formula is C13H16N2O4S. The summed E-state index contributed by atoms with van der Waals surface area (Å²) in [6.45, 7) is 4.63. The van der Waals surface area contributed by atoms with Crippen LogP contribution in [0.1, 0.15) is 27.0 Å². The molecule has 1 aromatic rings. The molecule has 108 valence electrons. The highest BCUT2D eigenvalue weighted by Crippen LogP contribution is 2.23. The molecule has 0 aliphatic carbocycles. The van der Waals surface area contributed by atoms with Gasteiger partial charge in [0.2, 0.25) is 11.8 Å². The lowest BCUT2D eigenvalue weighted by Crippen LogP contribution is -2.53. The molecule has 0 bridgehead atoms. The van der Waals surface area contributed by atoms with E-state index < -0.39 is 5.97 Å². The van der Waals surface area contributed by atoms with Crippen LogP contribution in [0.2, 0.25) is 0 Å². The monoisotopic (exact) mass is 296 g/mol. The van der Waals surface area contributed by atoms with Crippen LogP contribution in [-0.2, 0) is 16.1 Å². The molecule has 2 rings (SSSR count). The van der Waals surface area contributed by atoms with Gasteiger partial charge in [-0.3, -0.25) is 9.59 Å². The van der Waals surface area contributed by atoms with E-state index in [9.17, 15) is 14.4 Å². The van der Waals surface area contributed by atoms with E-state index in [0.717, 1.165) is 10.4 Å². The molecule has 0 unspecified atom stereocenters. The summed E-state index contributed by atoms with van der Waals surface area (Å²) in [6, 6.07) is 1.58. The fraction of sp³-hybridized carbons (Fsp3) is 0.462. The first-order chi connectivity index (χ1) is 9.42. The molecule has 0 radical (unpaired) electrons. The third-order valence-corrected chi connectivity index (χ3v) is 4.41. The van der Waals surface area contributed by atoms with Crippen molar-refractivity contribution in [3.8, 4) is 0 Å². The van der Waals surface area contributed by atoms with Crippen LogP contribution < -0.4 is 0 Å². The molecule has 0 saturated carbocycles. The summed E-state index contributed by atoms with van der Waals surface area (Å²) in [4.78, 5) is 38.8. The Kier molecular flexibility index (Phi) is 4.08. The number of nitrogens with zero attached hydrogens (tertiary/aromatic N) is 2. The smallest absolute Gasteiger partial charge is 0.345 e. The van der Waals surface area contributed by atoms with Crippen molar-refractivity contribution in [3.05, 3.63) is 21.4 Å². The zero-order valence-electron chi connectivity index (χ0n) is 11.4. The number of likely N-dealkylation sites (N-methyl/N-ethyl adjacent to an activating group) is 1. The number of amides is 2. The molecule has 20 heavy (non-hydrogen) atoms. The zero-order chi connectivity index (χ0) is 14.9. The number of aromatic carboxylic acids is 1. The number of thiophene rings is 1. The van der Waals surface area contributed by atoms with Crippen molar-refractivity contribution in [2.45, 2.75) is 20.4 Å². The summed E-state index contributed by atoms with van der Waals surface area (Å²) in [5.41, 5.74) is 0.790. The molecule has 2 amide bonds. The third-order valence-electron chi connectivity index (χ3n) is 3.33. The number of hydrogen-bond acceptors (Lipinski definition) is 4. The Hall–Kier alpha value is -1.89. The van der Waals surface area contributed by atoms with Gasteiger partial charge in [-0.1, -0.05) is 0 Å². The average molecular weight is 296 g/mol. The van der Waals surface area contributed by atoms with Crippen molar-refractivity contribution < 1.29 is 19.5 Å². The minimum Gasteiger partial charge on any atom is -0.477 e. The van der Waals surface area contributed by atoms with Gasteiger partial charge in [0.1, 0.15) is 11.4 Å². The lowest BCUT2D eigenvalue weighted by Gasteiger charge is -2.33. The molecule has 0 aromatic carbocycles. The Morgan fingerprint density at radius 3 is 2.45 bits per heavy atom. The Bertz CT molecular complexity index is 567. The van der Waals surface area contributed by atoms with Gasteiger partial charge in [-0.15, -0.1) is 11.3 Å². The molecule has 6 nitrogen and oxygen atoms in total. The first-order valence-electron chi connectivity index (χ1n) is 6.30. The topological polar surface area (TPSA) is 77.9 Å². The Morgan fingerprint density at radius 2 is 1.90 bits per heavy atom. The van der Waals surface area contributed by atoms with Crippen molar-refractivity contribution in [3.63, 3.8) is 0 Å². The summed E-state index contributed by atoms with van der Waals surface area (Å²) in [6.07, 6.45) is 0. The highest BCUT2D eigenvalue weighted by Gasteiger charge is 2.29. The second kappa shape index (κ2) is 5.62. The van der Waals surface area contributed by atoms with Crippen LogP contribution in [0.15, 0.2) is 6.07 Å². The number of carboxylic acid groups (broad SMARTS) is 1. The number of rotatable bonds is 4. The lowest BCUT2D eigenvalue weighted by molar-refractivity contribution is -0.150. The van der Waals surface area contributed by atoms with Gasteiger partial charge >= 0.3 is 5.97 Å². The number of carboxylic acids is 1. The maximum Gasteiger partial charge on any atom is 0.345 e. The number of carbonyl (C=O) groups excluding carboxylic acids is 2. The van der Waals surface area contributed by atoms with E-state index in [1.807, 2.05) is 13.8 Å². The predicted octanol–water partition coefficient (Wildman–Crippen LogP) is 0.945. The van der Waals surface area contributed by atoms with E-state index in [0.29, 0.717) is 6.54 Å². The first-order valence-corrected chi connectivity index (χ1v) is 7.12. The van der Waals surface area contributed by atoms with Crippen LogP contribution in [0, 0.1) is 6.92 Å². The van der Waals surface area contributed by atoms with Crippen molar-refractivity contribution >= 4 is 29.1 Å². The maximum atomic E-state index is 12.0. The van der Waals surface area contributed by atoms with Gasteiger partial charge in [-0.2, -0.15) is 0 Å². The van der Waals surface area contributed by atoms with Crippen molar-refractivity contribution in [1.29, 1.82) is 0 Å². The van der Waals surface area contributed by atoms with Crippen molar-refractivity contribution in [2.75, 3.05) is 19.6 Å². The Labute approximate surface area is 120 Å². The van der Waals surface area contributed by atoms with Crippen LogP contribution in [-0.4, -0.2) is 52.3 Å². The molecule has 1 aliphatic heterocycles. The summed E-state index contributed by atoms with van der Waals surface area (Å²) in [5, 5.41) is 8.96. The van der Waals surface area contributed by atoms with Crippen molar-refractivity contribution in [1.82, 2.24) is 9.80 Å². The van der Waals surface area contributed by atoms with Crippen molar-refractivity contribution in [2.24, 2.45) is 0 Å². The molecule has 0 atom stereocenters. The van der Waals surface area contributed by atoms with E-state index >= 15 is 0 Å². The molecular weight excluding hydrogens is 280 g/mol. The number of hydrogen-bond donors (Lipinski definition) is 1. The van der Waals surface area contributed by atoms with Crippen LogP contribution >= 0.6 is 11.3 Å². The quantitative estimate of drug-likeness (QED) is 0.897. The van der Waals surface area contributed by atoms with Gasteiger partial charge in [0, 0.05) is 18.0 Å². The zero-order valence-corrected chi connectivity index (χ0v) is 12.2. The van der Waals surface area contributed by atoms with E-state index in [4.69, 9.17) is 5.11 Å². The van der Waals surface area contributed by atoms with Crippen LogP contribution in [0.5, 0.6) is 0 Å². The molecule has 0 spiro atoms. The fourth-order valence-electron chi connectivity index (χ4n) is 2.12. The van der Waals surface area contributed by atoms with Crippen LogP contribution in [0.25, 0.3) is 0 Å². The van der Waals surface area contributed by atoms with Gasteiger partial charge in [-0.25, -0.2) is 4.79 Å². The largest absolute Gasteiger partial charge is 0.477 e. The number of carbonyl (C=O) groups is 3. The van der Waals surface area contributed by atoms with E-state index in [1.165, 1.54) is 21.1 Å². The summed E-state index contributed by atoms with van der Waals surface area (Å²) < 4.78 is 0. The molecule has 7 heteroatoms. The van der Waals surface area contributed by atoms with Crippen LogP contribution in [0.4, 0.5) is 0 Å². The summed E-state index contributed by atoms with van der Waals surface area (Å²) >= 11 is 1.19. The normalized spacial score (nSPS) is 15.9. The lowest BCUT2D eigenvalue weighted by atomic mass is 10.2. The van der Waals surface area contributed by atoms with Gasteiger partial charge in [0.25, 0.3) is 0 Å². The number of aryl methyl sites for hydroxylation is 1. The highest BCUT2D eigenvalue weighted by atomic mass is 32.1. The van der Waals surface area contributed by atoms with Gasteiger partial charge in [0.05, 0.1) is 6.54 Å². The molecule has 1 aliphatic rings. The molecule has 1 aromatic heterocycles. The second-order valence-electron chi connectivity index (χ2n) is 4.65. The minimum absolute atomic E-state index is 0.0599. The van der Waals surface area contributed by atoms with Gasteiger partial charge < -0.3 is 14.9 Å². The summed E-state index contributed by atoms with van der Waals surface area (Å²) in [5.74, 6) is -1.14. The SMILES string of the molecule is CCN1CC(=O)N(Cc2cc(C(=O)O)sc2C)CC1=O. The van der Waals surface area contributed by atoms with Gasteiger partial charge in [0.15, 0.2) is 0 Å². The average Bonchev–Trinajstić information content (AvgIpc) is 2.75. The van der Waals surface area contributed by atoms with Crippen LogP contribution in [0.3, 0.4) is 0 Å². The molecule has 1 saturated heterocycles. The predicted molar refractivity (Wildman–Crippen MR) is 73.7 cm³/mol. The minimum atomic E-state index is -0.970. The first kappa shape index (κ1) is 14.5.